The van der Waals surface area contributed by atoms with Gasteiger partial charge in [0.1, 0.15) is 0 Å². The lowest BCUT2D eigenvalue weighted by Crippen LogP contribution is -2.40. The van der Waals surface area contributed by atoms with Gasteiger partial charge in [0.15, 0.2) is 8.32 Å². The predicted octanol–water partition coefficient (Wildman–Crippen LogP) is 4.47. The SMILES string of the molecule is Cc1ccc(S(=O)(=O)NCCCCCO[Si](C)(C)C(C)(C)C)cc1. The summed E-state index contributed by atoms with van der Waals surface area (Å²) >= 11 is 0. The van der Waals surface area contributed by atoms with Gasteiger partial charge in [-0.05, 0) is 56.5 Å². The molecule has 0 radical (unpaired) electrons. The quantitative estimate of drug-likeness (QED) is 0.515. The number of sulfonamides is 1. The van der Waals surface area contributed by atoms with E-state index in [0.717, 1.165) is 31.4 Å². The lowest BCUT2D eigenvalue weighted by molar-refractivity contribution is 0.278. The summed E-state index contributed by atoms with van der Waals surface area (Å²) in [5.41, 5.74) is 1.05. The lowest BCUT2D eigenvalue weighted by Gasteiger charge is -2.36. The van der Waals surface area contributed by atoms with Crippen molar-refractivity contribution in [2.75, 3.05) is 13.2 Å². The first-order valence-corrected chi connectivity index (χ1v) is 13.1. The van der Waals surface area contributed by atoms with Crippen LogP contribution in [0.15, 0.2) is 29.2 Å². The van der Waals surface area contributed by atoms with Crippen LogP contribution in [0.5, 0.6) is 0 Å². The van der Waals surface area contributed by atoms with Crippen LogP contribution in [0.1, 0.15) is 45.6 Å². The van der Waals surface area contributed by atoms with Crippen LogP contribution in [-0.2, 0) is 14.4 Å². The van der Waals surface area contributed by atoms with Gasteiger partial charge in [-0.1, -0.05) is 38.5 Å². The van der Waals surface area contributed by atoms with Crippen LogP contribution in [-0.4, -0.2) is 29.9 Å². The van der Waals surface area contributed by atoms with E-state index in [0.29, 0.717) is 11.4 Å². The first-order valence-electron chi connectivity index (χ1n) is 8.66. The van der Waals surface area contributed by atoms with E-state index >= 15 is 0 Å². The number of unbranched alkanes of at least 4 members (excludes halogenated alkanes) is 2. The third-order valence-corrected chi connectivity index (χ3v) is 10.7. The van der Waals surface area contributed by atoms with Crippen molar-refractivity contribution in [2.45, 2.75) is 70.0 Å². The minimum absolute atomic E-state index is 0.233. The zero-order valence-electron chi connectivity index (χ0n) is 16.0. The smallest absolute Gasteiger partial charge is 0.240 e. The third-order valence-electron chi connectivity index (χ3n) is 4.71. The highest BCUT2D eigenvalue weighted by atomic mass is 32.2. The second kappa shape index (κ2) is 8.60. The number of nitrogens with one attached hydrogen (secondary N) is 1. The first-order chi connectivity index (χ1) is 11.0. The Balaban J connectivity index is 2.26. The molecular weight excluding hydrogens is 338 g/mol. The van der Waals surface area contributed by atoms with Crippen LogP contribution in [0.25, 0.3) is 0 Å². The summed E-state index contributed by atoms with van der Waals surface area (Å²) in [5, 5.41) is 0.233. The number of hydrogen-bond donors (Lipinski definition) is 1. The molecule has 0 saturated carbocycles. The van der Waals surface area contributed by atoms with Crippen LogP contribution < -0.4 is 4.72 Å². The number of hydrogen-bond acceptors (Lipinski definition) is 3. The normalized spacial score (nSPS) is 13.2. The summed E-state index contributed by atoms with van der Waals surface area (Å²) in [6.07, 6.45) is 2.76. The van der Waals surface area contributed by atoms with E-state index in [1.165, 1.54) is 0 Å². The Bertz CT molecular complexity index is 604. The van der Waals surface area contributed by atoms with Gasteiger partial charge >= 0.3 is 0 Å². The Morgan fingerprint density at radius 3 is 2.17 bits per heavy atom. The van der Waals surface area contributed by atoms with E-state index in [1.54, 1.807) is 12.1 Å². The summed E-state index contributed by atoms with van der Waals surface area (Å²) in [6, 6.07) is 6.91. The average molecular weight is 372 g/mol. The number of aryl methyl sites for hydroxylation is 1. The lowest BCUT2D eigenvalue weighted by atomic mass is 10.2. The molecule has 1 aromatic rings. The topological polar surface area (TPSA) is 55.4 Å². The highest BCUT2D eigenvalue weighted by Crippen LogP contribution is 2.36. The van der Waals surface area contributed by atoms with Gasteiger partial charge < -0.3 is 4.43 Å². The maximum absolute atomic E-state index is 12.1. The van der Waals surface area contributed by atoms with Crippen LogP contribution in [0.3, 0.4) is 0 Å². The molecule has 0 unspecified atom stereocenters. The fourth-order valence-corrected chi connectivity index (χ4v) is 4.12. The van der Waals surface area contributed by atoms with Crippen molar-refractivity contribution in [3.63, 3.8) is 0 Å². The summed E-state index contributed by atoms with van der Waals surface area (Å²) in [6.45, 7) is 14.4. The molecule has 0 aliphatic heterocycles. The number of benzene rings is 1. The molecule has 24 heavy (non-hydrogen) atoms. The Morgan fingerprint density at radius 2 is 1.62 bits per heavy atom. The Hall–Kier alpha value is -0.693. The molecular formula is C18H33NO3SSi. The van der Waals surface area contributed by atoms with Crippen molar-refractivity contribution >= 4 is 18.3 Å². The monoisotopic (exact) mass is 371 g/mol. The fourth-order valence-electron chi connectivity index (χ4n) is 1.95. The fraction of sp³-hybridized carbons (Fsp3) is 0.667. The molecule has 6 heteroatoms. The zero-order valence-corrected chi connectivity index (χ0v) is 17.8. The molecule has 0 spiro atoms. The molecule has 0 amide bonds. The Kier molecular flexibility index (Phi) is 7.65. The molecule has 0 aliphatic rings. The van der Waals surface area contributed by atoms with Crippen molar-refractivity contribution in [3.8, 4) is 0 Å². The maximum atomic E-state index is 12.1. The molecule has 0 aliphatic carbocycles. The van der Waals surface area contributed by atoms with Crippen LogP contribution in [0.4, 0.5) is 0 Å². The van der Waals surface area contributed by atoms with Gasteiger partial charge in [-0.15, -0.1) is 0 Å². The van der Waals surface area contributed by atoms with Crippen LogP contribution >= 0.6 is 0 Å². The van der Waals surface area contributed by atoms with Gasteiger partial charge in [0.05, 0.1) is 4.90 Å². The minimum atomic E-state index is -3.39. The molecule has 1 rings (SSSR count). The van der Waals surface area contributed by atoms with E-state index in [2.05, 4.69) is 38.6 Å². The van der Waals surface area contributed by atoms with Gasteiger partial charge in [-0.3, -0.25) is 0 Å². The van der Waals surface area contributed by atoms with Gasteiger partial charge in [-0.2, -0.15) is 0 Å². The van der Waals surface area contributed by atoms with Gasteiger partial charge in [-0.25, -0.2) is 13.1 Å². The molecule has 1 N–H and O–H groups in total. The Morgan fingerprint density at radius 1 is 1.04 bits per heavy atom. The molecule has 0 fully saturated rings. The summed E-state index contributed by atoms with van der Waals surface area (Å²) in [5.74, 6) is 0. The molecule has 4 nitrogen and oxygen atoms in total. The van der Waals surface area contributed by atoms with Crippen molar-refractivity contribution in [1.82, 2.24) is 4.72 Å². The molecule has 0 bridgehead atoms. The van der Waals surface area contributed by atoms with E-state index in [4.69, 9.17) is 4.43 Å². The van der Waals surface area contributed by atoms with Crippen LogP contribution in [0.2, 0.25) is 18.1 Å². The molecule has 0 saturated heterocycles. The molecule has 0 heterocycles. The van der Waals surface area contributed by atoms with Gasteiger partial charge in [0, 0.05) is 13.2 Å². The van der Waals surface area contributed by atoms with E-state index in [1.807, 2.05) is 19.1 Å². The molecule has 1 aromatic carbocycles. The second-order valence-corrected chi connectivity index (χ2v) is 14.5. The highest BCUT2D eigenvalue weighted by Gasteiger charge is 2.36. The number of rotatable bonds is 9. The molecule has 138 valence electrons. The van der Waals surface area contributed by atoms with Gasteiger partial charge in [0.25, 0.3) is 0 Å². The summed E-state index contributed by atoms with van der Waals surface area (Å²) < 4.78 is 33.1. The molecule has 0 atom stereocenters. The largest absolute Gasteiger partial charge is 0.417 e. The third kappa shape index (κ3) is 6.67. The predicted molar refractivity (Wildman–Crippen MR) is 103 cm³/mol. The minimum Gasteiger partial charge on any atom is -0.417 e. The van der Waals surface area contributed by atoms with Crippen molar-refractivity contribution in [3.05, 3.63) is 29.8 Å². The second-order valence-electron chi connectivity index (χ2n) is 7.88. The van der Waals surface area contributed by atoms with E-state index < -0.39 is 18.3 Å². The van der Waals surface area contributed by atoms with Gasteiger partial charge in [0.2, 0.25) is 10.0 Å². The summed E-state index contributed by atoms with van der Waals surface area (Å²) in [7, 11) is -5.05. The van der Waals surface area contributed by atoms with Crippen molar-refractivity contribution in [2.24, 2.45) is 0 Å². The van der Waals surface area contributed by atoms with Crippen molar-refractivity contribution in [1.29, 1.82) is 0 Å². The highest BCUT2D eigenvalue weighted by molar-refractivity contribution is 7.89. The average Bonchev–Trinajstić information content (AvgIpc) is 2.45. The Labute approximate surface area is 149 Å². The zero-order chi connectivity index (χ0) is 18.4. The van der Waals surface area contributed by atoms with E-state index in [9.17, 15) is 8.42 Å². The van der Waals surface area contributed by atoms with Crippen molar-refractivity contribution < 1.29 is 12.8 Å². The maximum Gasteiger partial charge on any atom is 0.240 e. The first kappa shape index (κ1) is 21.3. The summed E-state index contributed by atoms with van der Waals surface area (Å²) in [4.78, 5) is 0.328. The standard InChI is InChI=1S/C18H33NO3SSi/c1-16-10-12-17(13-11-16)23(20,21)19-14-8-7-9-15-22-24(5,6)18(2,3)4/h10-13,19H,7-9,14-15H2,1-6H3. The van der Waals surface area contributed by atoms with E-state index in [-0.39, 0.29) is 5.04 Å². The molecule has 0 aromatic heterocycles. The van der Waals surface area contributed by atoms with Crippen LogP contribution in [0, 0.1) is 6.92 Å².